The van der Waals surface area contributed by atoms with Crippen molar-refractivity contribution in [2.45, 2.75) is 167 Å². The third-order valence-electron chi connectivity index (χ3n) is 22.0. The van der Waals surface area contributed by atoms with Gasteiger partial charge in [-0.2, -0.15) is 9.13 Å². The van der Waals surface area contributed by atoms with Crippen LogP contribution in [0.15, 0.2) is 271 Å². The van der Waals surface area contributed by atoms with Crippen LogP contribution in [0.4, 0.5) is 0 Å². The van der Waals surface area contributed by atoms with E-state index in [-0.39, 0.29) is 25.7 Å². The second-order valence-corrected chi connectivity index (χ2v) is 31.3. The van der Waals surface area contributed by atoms with E-state index in [1.807, 2.05) is 55.3 Å². The molecule has 564 valence electrons. The first-order valence-corrected chi connectivity index (χ1v) is 38.0. The molecule has 0 amide bonds. The van der Waals surface area contributed by atoms with Crippen molar-refractivity contribution in [1.29, 1.82) is 0 Å². The summed E-state index contributed by atoms with van der Waals surface area (Å²) < 4.78 is 28.6. The Kier molecular flexibility index (Phi) is 26.3. The maximum Gasteiger partial charge on any atom is 0.380 e. The number of nitrogens with zero attached hydrogens (tertiary/aromatic N) is 8. The predicted molar refractivity (Wildman–Crippen MR) is 453 cm³/mol. The van der Waals surface area contributed by atoms with Gasteiger partial charge in [-0.15, -0.1) is 18.7 Å². The average Bonchev–Trinajstić information content (AvgIpc) is 1.61. The smallest absolute Gasteiger partial charge is 0.380 e. The van der Waals surface area contributed by atoms with Crippen molar-refractivity contribution >= 4 is 0 Å². The fraction of sp³-hybridized carbons (Fsp3) is 0.303. The highest BCUT2D eigenvalue weighted by Crippen LogP contribution is 2.52. The molecule has 0 fully saturated rings. The maximum atomic E-state index is 5.75. The van der Waals surface area contributed by atoms with Crippen LogP contribution in [-0.4, -0.2) is 13.9 Å². The summed E-state index contributed by atoms with van der Waals surface area (Å²) >= 11 is 0. The molecular weight excluding hydrogens is 1330 g/mol. The second-order valence-electron chi connectivity index (χ2n) is 31.3. The van der Waals surface area contributed by atoms with Crippen molar-refractivity contribution in [3.8, 4) is 84.5 Å². The first-order chi connectivity index (χ1) is 51.1. The first kappa shape index (κ1) is 82.1. The molecule has 109 heavy (non-hydrogen) atoms. The predicted octanol–water partition coefficient (Wildman–Crippen LogP) is 23.0. The van der Waals surface area contributed by atoms with Gasteiger partial charge in [0.25, 0.3) is 11.4 Å². The summed E-state index contributed by atoms with van der Waals surface area (Å²) in [5.74, 6) is 2.85. The van der Waals surface area contributed by atoms with Crippen LogP contribution in [0, 0.1) is 34.6 Å². The molecular formula is C99H121N8O2+5. The molecule has 9 aromatic carbocycles. The third-order valence-corrected chi connectivity index (χ3v) is 22.0. The first-order valence-electron chi connectivity index (χ1n) is 38.0. The highest BCUT2D eigenvalue weighted by atomic mass is 16.3. The van der Waals surface area contributed by atoms with Crippen LogP contribution in [0.2, 0.25) is 0 Å². The number of aromatic nitrogens is 8. The number of benzene rings is 9. The van der Waals surface area contributed by atoms with Gasteiger partial charge in [0.15, 0.2) is 32.3 Å². The van der Waals surface area contributed by atoms with E-state index < -0.39 is 0 Å². The van der Waals surface area contributed by atoms with Gasteiger partial charge in [0.2, 0.25) is 18.7 Å². The van der Waals surface area contributed by atoms with E-state index in [1.165, 1.54) is 123 Å². The highest BCUT2D eigenvalue weighted by molar-refractivity contribution is 5.73. The molecule has 0 saturated carbocycles. The van der Waals surface area contributed by atoms with Crippen LogP contribution in [0.1, 0.15) is 183 Å². The molecule has 0 saturated heterocycles. The van der Waals surface area contributed by atoms with Gasteiger partial charge in [0.1, 0.15) is 43.0 Å². The van der Waals surface area contributed by atoms with E-state index in [1.54, 1.807) is 12.7 Å². The lowest BCUT2D eigenvalue weighted by molar-refractivity contribution is -0.745. The van der Waals surface area contributed by atoms with Crippen molar-refractivity contribution in [3.63, 3.8) is 0 Å². The molecule has 0 N–H and O–H groups in total. The zero-order valence-electron chi connectivity index (χ0n) is 67.5. The molecule has 0 spiro atoms. The fourth-order valence-corrected chi connectivity index (χ4v) is 15.3. The lowest BCUT2D eigenvalue weighted by Gasteiger charge is -2.46. The van der Waals surface area contributed by atoms with Crippen molar-refractivity contribution in [2.75, 3.05) is 0 Å². The summed E-state index contributed by atoms with van der Waals surface area (Å²) in [7, 11) is 10.4. The number of hydrogen-bond donors (Lipinski definition) is 0. The number of aryl methyl sites for hydroxylation is 9. The second kappa shape index (κ2) is 34.9. The number of hydrogen-bond acceptors (Lipinski definition) is 2. The molecule has 15 rings (SSSR count). The number of rotatable bonds is 12. The Hall–Kier alpha value is -11.0. The number of imidazole rings is 1. The van der Waals surface area contributed by atoms with Crippen LogP contribution in [-0.2, 0) is 46.1 Å². The molecule has 10 heteroatoms. The maximum absolute atomic E-state index is 5.75. The Bertz CT molecular complexity index is 5170. The van der Waals surface area contributed by atoms with E-state index in [0.717, 1.165) is 22.8 Å². The summed E-state index contributed by atoms with van der Waals surface area (Å²) in [6, 6.07) is 74.8. The van der Waals surface area contributed by atoms with Crippen LogP contribution in [0.3, 0.4) is 0 Å². The Morgan fingerprint density at radius 2 is 0.881 bits per heavy atom. The molecule has 10 nitrogen and oxygen atoms in total. The SMILES string of the molecule is C.C.Cc1cccc2c1-n1c(c(-c3ccccc3)c[n+]1C)C(C)(C)C2(C)C.Cc1ccccc1-c1c[n+](-c2c(C(C)C)cccc2C(C)C)cn1C.Cc1ccccc1-c1coc(-c2ccccc2)[n+]1C.Cc1ccccc1-c1coc[n+]1C.Cc1ccccc1-n1cc(-c2c(C(C)C)cccc2C(C)C)c[n+]1C. The molecule has 0 unspecified atom stereocenters. The van der Waals surface area contributed by atoms with Gasteiger partial charge in [-0.3, -0.25) is 0 Å². The van der Waals surface area contributed by atoms with Crippen molar-refractivity contribution < 1.29 is 31.9 Å². The summed E-state index contributed by atoms with van der Waals surface area (Å²) in [5.41, 5.74) is 32.4. The van der Waals surface area contributed by atoms with E-state index in [9.17, 15) is 0 Å². The van der Waals surface area contributed by atoms with Crippen molar-refractivity contribution in [1.82, 2.24) is 13.9 Å². The summed E-state index contributed by atoms with van der Waals surface area (Å²) in [4.78, 5) is 0. The standard InChI is InChI=1S/C23H27N2.2C23H29N2.C17H16NO.C11H12NO.2CH4/c1-16-11-10-14-19-20(16)25-21(23(4,5)22(19,2)3)18(15-24(25)6)17-12-8-7-9-13-17;1-16(2)20-11-9-12-21(17(3)4)23(20)19-14-24(6)25(15-19)22-13-8-7-10-18(22)5;1-16(2)19-12-9-13-20(17(3)4)23(19)25-14-22(24(6)15-25)21-11-8-7-10-18(21)5;1-13-8-6-7-11-15(13)16-12-19-17(18(16)2)14-9-4-3-5-10-14;1-9-5-3-4-6-10(9)11-7-13-8-12(11)2;;/h7-15H,1-6H3;2*7-17H,1-6H3;3-12H,1-2H3;3-8H,1-2H3;2*1H4/q5*+1;;. The van der Waals surface area contributed by atoms with Crippen LogP contribution >= 0.6 is 0 Å². The van der Waals surface area contributed by atoms with Crippen LogP contribution in [0.5, 0.6) is 0 Å². The number of fused-ring (bicyclic) bond motifs is 3. The lowest BCUT2D eigenvalue weighted by atomic mass is 9.59. The molecule has 0 bridgehead atoms. The van der Waals surface area contributed by atoms with Gasteiger partial charge in [0.05, 0.1) is 41.1 Å². The monoisotopic (exact) mass is 1450 g/mol. The minimum Gasteiger partial charge on any atom is -0.412 e. The Labute approximate surface area is 652 Å². The van der Waals surface area contributed by atoms with Crippen LogP contribution in [0.25, 0.3) is 84.5 Å². The van der Waals surface area contributed by atoms with E-state index in [4.69, 9.17) is 8.83 Å². The molecule has 6 heterocycles. The van der Waals surface area contributed by atoms with Crippen LogP contribution < -0.4 is 23.1 Å². The topological polar surface area (TPSA) is 60.5 Å². The normalized spacial score (nSPS) is 12.3. The molecule has 5 aromatic heterocycles. The molecule has 14 aromatic rings. The Morgan fingerprint density at radius 1 is 0.413 bits per heavy atom. The molecule has 1 aliphatic rings. The van der Waals surface area contributed by atoms with Gasteiger partial charge in [-0.25, -0.2) is 9.13 Å². The zero-order chi connectivity index (χ0) is 76.8. The Morgan fingerprint density at radius 3 is 1.39 bits per heavy atom. The molecule has 0 aliphatic carbocycles. The third kappa shape index (κ3) is 17.0. The van der Waals surface area contributed by atoms with Gasteiger partial charge in [-0.1, -0.05) is 280 Å². The van der Waals surface area contributed by atoms with E-state index >= 15 is 0 Å². The fourth-order valence-electron chi connectivity index (χ4n) is 15.3. The minimum absolute atomic E-state index is 0. The average molecular weight is 1460 g/mol. The summed E-state index contributed by atoms with van der Waals surface area (Å²) in [5, 5.41) is 0. The van der Waals surface area contributed by atoms with Gasteiger partial charge in [0, 0.05) is 27.5 Å². The highest BCUT2D eigenvalue weighted by Gasteiger charge is 2.51. The molecule has 0 atom stereocenters. The van der Waals surface area contributed by atoms with Gasteiger partial charge >= 0.3 is 12.3 Å². The Balaban J connectivity index is 0.000000159. The minimum atomic E-state index is 0. The van der Waals surface area contributed by atoms with Crippen molar-refractivity contribution in [3.05, 3.63) is 324 Å². The quantitative estimate of drug-likeness (QED) is 0.114. The zero-order valence-corrected chi connectivity index (χ0v) is 67.5. The van der Waals surface area contributed by atoms with E-state index in [2.05, 4.69) is 384 Å². The molecule has 1 aliphatic heterocycles. The summed E-state index contributed by atoms with van der Waals surface area (Å²) in [6.07, 6.45) is 16.6. The summed E-state index contributed by atoms with van der Waals surface area (Å²) in [6.45, 7) is 38.5. The van der Waals surface area contributed by atoms with Gasteiger partial charge < -0.3 is 8.83 Å². The van der Waals surface area contributed by atoms with Crippen molar-refractivity contribution in [2.24, 2.45) is 35.2 Å². The van der Waals surface area contributed by atoms with E-state index in [0.29, 0.717) is 23.7 Å². The largest absolute Gasteiger partial charge is 0.412 e. The number of para-hydroxylation sites is 3. The molecule has 0 radical (unpaired) electrons. The number of oxazole rings is 2. The van der Waals surface area contributed by atoms with Gasteiger partial charge in [-0.05, 0) is 144 Å². The lowest BCUT2D eigenvalue weighted by Crippen LogP contribution is -2.51.